The van der Waals surface area contributed by atoms with Gasteiger partial charge in [-0.05, 0) is 12.1 Å². The van der Waals surface area contributed by atoms with Gasteiger partial charge in [0.05, 0.1) is 19.2 Å². The molecule has 15 heavy (non-hydrogen) atoms. The largest absolute Gasteiger partial charge is 0.465 e. The molecular weight excluding hydrogens is 196 g/mol. The molecule has 6 nitrogen and oxygen atoms in total. The van der Waals surface area contributed by atoms with Crippen LogP contribution in [0.4, 0.5) is 0 Å². The van der Waals surface area contributed by atoms with Crippen molar-refractivity contribution in [2.24, 2.45) is 5.73 Å². The molecular formula is C9H10N4O2. The van der Waals surface area contributed by atoms with Crippen LogP contribution < -0.4 is 5.73 Å². The van der Waals surface area contributed by atoms with Gasteiger partial charge in [-0.2, -0.15) is 0 Å². The van der Waals surface area contributed by atoms with Crippen molar-refractivity contribution in [3.8, 4) is 0 Å². The Bertz CT molecular complexity index is 506. The normalized spacial score (nSPS) is 10.5. The minimum Gasteiger partial charge on any atom is -0.465 e. The molecule has 0 unspecified atom stereocenters. The maximum Gasteiger partial charge on any atom is 0.339 e. The second-order valence-corrected chi connectivity index (χ2v) is 2.96. The first-order valence-corrected chi connectivity index (χ1v) is 4.38. The van der Waals surface area contributed by atoms with Gasteiger partial charge >= 0.3 is 5.97 Å². The first kappa shape index (κ1) is 9.60. The van der Waals surface area contributed by atoms with E-state index in [4.69, 9.17) is 5.73 Å². The Morgan fingerprint density at radius 3 is 3.00 bits per heavy atom. The lowest BCUT2D eigenvalue weighted by Gasteiger charge is -2.00. The third-order valence-electron chi connectivity index (χ3n) is 2.08. The van der Waals surface area contributed by atoms with Gasteiger partial charge in [-0.3, -0.25) is 4.40 Å². The number of carbonyl (C=O) groups is 1. The first-order chi connectivity index (χ1) is 7.26. The van der Waals surface area contributed by atoms with Crippen molar-refractivity contribution < 1.29 is 9.53 Å². The van der Waals surface area contributed by atoms with Crippen molar-refractivity contribution in [3.05, 3.63) is 29.7 Å². The lowest BCUT2D eigenvalue weighted by Crippen LogP contribution is -2.06. The summed E-state index contributed by atoms with van der Waals surface area (Å²) in [6.07, 6.45) is 1.61. The second-order valence-electron chi connectivity index (χ2n) is 2.96. The summed E-state index contributed by atoms with van der Waals surface area (Å²) in [4.78, 5) is 11.3. The molecule has 0 atom stereocenters. The van der Waals surface area contributed by atoms with E-state index in [1.54, 1.807) is 22.7 Å². The van der Waals surface area contributed by atoms with Crippen molar-refractivity contribution >= 4 is 11.6 Å². The van der Waals surface area contributed by atoms with E-state index < -0.39 is 5.97 Å². The molecule has 0 aliphatic heterocycles. The quantitative estimate of drug-likeness (QED) is 0.698. The smallest absolute Gasteiger partial charge is 0.339 e. The van der Waals surface area contributed by atoms with Gasteiger partial charge in [-0.1, -0.05) is 0 Å². The summed E-state index contributed by atoms with van der Waals surface area (Å²) in [6.45, 7) is 0.270. The molecule has 0 saturated carbocycles. The van der Waals surface area contributed by atoms with E-state index in [1.807, 2.05) is 0 Å². The summed E-state index contributed by atoms with van der Waals surface area (Å²) < 4.78 is 6.28. The van der Waals surface area contributed by atoms with Crippen LogP contribution in [0.25, 0.3) is 5.65 Å². The van der Waals surface area contributed by atoms with Gasteiger partial charge < -0.3 is 10.5 Å². The fraction of sp³-hybridized carbons (Fsp3) is 0.222. The molecule has 2 aromatic rings. The summed E-state index contributed by atoms with van der Waals surface area (Å²) in [7, 11) is 1.34. The number of hydrogen-bond acceptors (Lipinski definition) is 5. The van der Waals surface area contributed by atoms with Crippen LogP contribution in [0, 0.1) is 0 Å². The van der Waals surface area contributed by atoms with Gasteiger partial charge in [0.15, 0.2) is 11.5 Å². The molecule has 2 rings (SSSR count). The van der Waals surface area contributed by atoms with E-state index in [2.05, 4.69) is 14.9 Å². The number of aromatic nitrogens is 3. The van der Waals surface area contributed by atoms with Crippen LogP contribution in [-0.4, -0.2) is 27.7 Å². The number of carbonyl (C=O) groups excluding carboxylic acids is 1. The van der Waals surface area contributed by atoms with Crippen molar-refractivity contribution in [3.63, 3.8) is 0 Å². The highest BCUT2D eigenvalue weighted by atomic mass is 16.5. The fourth-order valence-electron chi connectivity index (χ4n) is 1.32. The number of nitrogens with zero attached hydrogens (tertiary/aromatic N) is 3. The van der Waals surface area contributed by atoms with Crippen LogP contribution >= 0.6 is 0 Å². The molecule has 0 saturated heterocycles. The number of nitrogens with two attached hydrogens (primary N) is 1. The van der Waals surface area contributed by atoms with Crippen LogP contribution in [0.2, 0.25) is 0 Å². The van der Waals surface area contributed by atoms with Crippen LogP contribution in [0.5, 0.6) is 0 Å². The molecule has 0 bridgehead atoms. The molecule has 0 aliphatic rings. The minimum absolute atomic E-state index is 0.270. The number of esters is 1. The zero-order valence-electron chi connectivity index (χ0n) is 8.17. The molecule has 0 aromatic carbocycles. The molecule has 0 amide bonds. The summed E-state index contributed by atoms with van der Waals surface area (Å²) in [6, 6.07) is 3.33. The third kappa shape index (κ3) is 1.55. The van der Waals surface area contributed by atoms with E-state index in [0.717, 1.165) is 0 Å². The lowest BCUT2D eigenvalue weighted by atomic mass is 10.3. The standard InChI is InChI=1S/C9H10N4O2/c1-15-9(14)6-2-3-7-11-12-8(4-10)13(7)5-6/h2-3,5H,4,10H2,1H3. The summed E-state index contributed by atoms with van der Waals surface area (Å²) in [5.41, 5.74) is 6.58. The highest BCUT2D eigenvalue weighted by Gasteiger charge is 2.09. The predicted octanol–water partition coefficient (Wildman–Crippen LogP) is -0.0254. The summed E-state index contributed by atoms with van der Waals surface area (Å²) in [5.74, 6) is 0.212. The van der Waals surface area contributed by atoms with Crippen molar-refractivity contribution in [1.29, 1.82) is 0 Å². The van der Waals surface area contributed by atoms with Crippen molar-refractivity contribution in [2.45, 2.75) is 6.54 Å². The third-order valence-corrected chi connectivity index (χ3v) is 2.08. The van der Waals surface area contributed by atoms with Gasteiger partial charge in [-0.25, -0.2) is 4.79 Å². The Balaban J connectivity index is 2.57. The van der Waals surface area contributed by atoms with Crippen molar-refractivity contribution in [1.82, 2.24) is 14.6 Å². The maximum atomic E-state index is 11.3. The number of hydrogen-bond donors (Lipinski definition) is 1. The van der Waals surface area contributed by atoms with Crippen molar-refractivity contribution in [2.75, 3.05) is 7.11 Å². The average molecular weight is 206 g/mol. The van der Waals surface area contributed by atoms with E-state index in [-0.39, 0.29) is 6.54 Å². The molecule has 0 aliphatic carbocycles. The van der Waals surface area contributed by atoms with Gasteiger partial charge in [0, 0.05) is 6.20 Å². The number of ether oxygens (including phenoxy) is 1. The Kier molecular flexibility index (Phi) is 2.34. The van der Waals surface area contributed by atoms with E-state index >= 15 is 0 Å². The highest BCUT2D eigenvalue weighted by Crippen LogP contribution is 2.07. The fourth-order valence-corrected chi connectivity index (χ4v) is 1.32. The topological polar surface area (TPSA) is 82.5 Å². The molecule has 2 heterocycles. The zero-order valence-corrected chi connectivity index (χ0v) is 8.17. The van der Waals surface area contributed by atoms with Gasteiger partial charge in [0.25, 0.3) is 0 Å². The number of fused-ring (bicyclic) bond motifs is 1. The Labute approximate surface area is 85.7 Å². The maximum absolute atomic E-state index is 11.3. The number of pyridine rings is 1. The summed E-state index contributed by atoms with van der Waals surface area (Å²) in [5, 5.41) is 7.77. The Morgan fingerprint density at radius 2 is 2.33 bits per heavy atom. The molecule has 2 aromatic heterocycles. The predicted molar refractivity (Wildman–Crippen MR) is 52.2 cm³/mol. The molecule has 78 valence electrons. The van der Waals surface area contributed by atoms with Crippen LogP contribution in [0.3, 0.4) is 0 Å². The average Bonchev–Trinajstić information content (AvgIpc) is 2.69. The Morgan fingerprint density at radius 1 is 1.53 bits per heavy atom. The van der Waals surface area contributed by atoms with Gasteiger partial charge in [0.1, 0.15) is 0 Å². The molecule has 6 heteroatoms. The lowest BCUT2D eigenvalue weighted by molar-refractivity contribution is 0.0600. The minimum atomic E-state index is -0.395. The first-order valence-electron chi connectivity index (χ1n) is 4.38. The molecule has 0 spiro atoms. The van der Waals surface area contributed by atoms with Crippen LogP contribution in [-0.2, 0) is 11.3 Å². The van der Waals surface area contributed by atoms with Crippen LogP contribution in [0.15, 0.2) is 18.3 Å². The summed E-state index contributed by atoms with van der Waals surface area (Å²) >= 11 is 0. The van der Waals surface area contributed by atoms with E-state index in [9.17, 15) is 4.79 Å². The SMILES string of the molecule is COC(=O)c1ccc2nnc(CN)n2c1. The molecule has 0 fully saturated rings. The zero-order chi connectivity index (χ0) is 10.8. The number of rotatable bonds is 2. The molecule has 0 radical (unpaired) electrons. The second kappa shape index (κ2) is 3.66. The van der Waals surface area contributed by atoms with E-state index in [0.29, 0.717) is 17.0 Å². The highest BCUT2D eigenvalue weighted by molar-refractivity contribution is 5.89. The number of methoxy groups -OCH3 is 1. The van der Waals surface area contributed by atoms with E-state index in [1.165, 1.54) is 7.11 Å². The van der Waals surface area contributed by atoms with Gasteiger partial charge in [-0.15, -0.1) is 10.2 Å². The Hall–Kier alpha value is -1.95. The molecule has 2 N–H and O–H groups in total. The monoisotopic (exact) mass is 206 g/mol. The van der Waals surface area contributed by atoms with Crippen LogP contribution in [0.1, 0.15) is 16.2 Å². The van der Waals surface area contributed by atoms with Gasteiger partial charge in [0.2, 0.25) is 0 Å².